The van der Waals surface area contributed by atoms with E-state index in [1.54, 1.807) is 6.92 Å². The van der Waals surface area contributed by atoms with E-state index in [1.165, 1.54) is 31.3 Å². The van der Waals surface area contributed by atoms with E-state index < -0.39 is 15.8 Å². The Morgan fingerprint density at radius 2 is 1.97 bits per heavy atom. The second-order valence-electron chi connectivity index (χ2n) is 5.90. The van der Waals surface area contributed by atoms with E-state index >= 15 is 0 Å². The monoisotopic (exact) mass is 474 g/mol. The number of anilines is 2. The summed E-state index contributed by atoms with van der Waals surface area (Å²) in [5.74, 6) is -0.946. The average Bonchev–Trinajstić information content (AvgIpc) is 2.96. The Morgan fingerprint density at radius 1 is 1.24 bits per heavy atom. The third kappa shape index (κ3) is 4.84. The number of halogens is 3. The molecular formula is C17H13Cl2FN4O3S2. The Hall–Kier alpha value is -2.27. The predicted molar refractivity (Wildman–Crippen MR) is 112 cm³/mol. The number of benzene rings is 1. The first-order valence-corrected chi connectivity index (χ1v) is 11.0. The molecule has 0 radical (unpaired) electrons. The highest BCUT2D eigenvalue weighted by atomic mass is 35.5. The number of hydrogen-bond acceptors (Lipinski definition) is 6. The van der Waals surface area contributed by atoms with Crippen LogP contribution in [-0.4, -0.2) is 24.3 Å². The Bertz CT molecular complexity index is 1220. The summed E-state index contributed by atoms with van der Waals surface area (Å²) in [6.07, 6.45) is 1.24. The van der Waals surface area contributed by atoms with Crippen molar-refractivity contribution in [1.29, 1.82) is 0 Å². The van der Waals surface area contributed by atoms with Crippen LogP contribution in [-0.2, 0) is 14.8 Å². The molecule has 0 atom stereocenters. The van der Waals surface area contributed by atoms with Gasteiger partial charge in [-0.25, -0.2) is 14.4 Å². The number of pyridine rings is 1. The number of amides is 1. The molecule has 152 valence electrons. The number of carbonyl (C=O) groups excluding carboxylic acids is 1. The fourth-order valence-electron chi connectivity index (χ4n) is 2.45. The molecule has 2 heterocycles. The molecule has 7 nitrogen and oxygen atoms in total. The number of hydrogen-bond donors (Lipinski definition) is 2. The van der Waals surface area contributed by atoms with Crippen LogP contribution < -0.4 is 10.0 Å². The van der Waals surface area contributed by atoms with E-state index in [4.69, 9.17) is 23.2 Å². The second-order valence-corrected chi connectivity index (χ2v) is 9.51. The molecule has 1 aromatic carbocycles. The van der Waals surface area contributed by atoms with Crippen molar-refractivity contribution in [2.45, 2.75) is 18.9 Å². The summed E-state index contributed by atoms with van der Waals surface area (Å²) in [6.45, 7) is 2.88. The summed E-state index contributed by atoms with van der Waals surface area (Å²) in [6, 6.07) is 5.53. The summed E-state index contributed by atoms with van der Waals surface area (Å²) in [5, 5.41) is 2.24. The molecule has 0 unspecified atom stereocenters. The van der Waals surface area contributed by atoms with Gasteiger partial charge in [-0.15, -0.1) is 0 Å². The van der Waals surface area contributed by atoms with Crippen LogP contribution in [0.1, 0.15) is 12.5 Å². The van der Waals surface area contributed by atoms with Crippen LogP contribution in [0.25, 0.3) is 11.3 Å². The molecule has 29 heavy (non-hydrogen) atoms. The van der Waals surface area contributed by atoms with Gasteiger partial charge < -0.3 is 5.32 Å². The van der Waals surface area contributed by atoms with Gasteiger partial charge in [0.15, 0.2) is 10.2 Å². The van der Waals surface area contributed by atoms with E-state index in [-0.39, 0.29) is 31.1 Å². The molecule has 1 amide bonds. The molecule has 0 aliphatic heterocycles. The molecule has 3 aromatic rings. The number of aryl methyl sites for hydroxylation is 1. The Morgan fingerprint density at radius 3 is 2.59 bits per heavy atom. The zero-order valence-electron chi connectivity index (χ0n) is 15.0. The van der Waals surface area contributed by atoms with Crippen molar-refractivity contribution in [3.63, 3.8) is 0 Å². The van der Waals surface area contributed by atoms with Gasteiger partial charge in [0.2, 0.25) is 5.91 Å². The van der Waals surface area contributed by atoms with Crippen molar-refractivity contribution in [3.05, 3.63) is 51.2 Å². The lowest BCUT2D eigenvalue weighted by atomic mass is 10.2. The zero-order chi connectivity index (χ0) is 21.3. The molecule has 12 heteroatoms. The number of aromatic nitrogens is 2. The molecule has 0 spiro atoms. The molecule has 0 saturated heterocycles. The van der Waals surface area contributed by atoms with Gasteiger partial charge in [-0.1, -0.05) is 40.6 Å². The zero-order valence-corrected chi connectivity index (χ0v) is 18.1. The fourth-order valence-corrected chi connectivity index (χ4v) is 5.04. The normalized spacial score (nSPS) is 11.3. The Balaban J connectivity index is 1.89. The van der Waals surface area contributed by atoms with Crippen LogP contribution in [0.4, 0.5) is 15.2 Å². The van der Waals surface area contributed by atoms with Gasteiger partial charge in [0, 0.05) is 12.5 Å². The number of thiazole rings is 1. The molecule has 2 aromatic heterocycles. The minimum absolute atomic E-state index is 0.00695. The third-order valence-electron chi connectivity index (χ3n) is 3.61. The summed E-state index contributed by atoms with van der Waals surface area (Å²) in [4.78, 5) is 19.2. The maximum Gasteiger partial charge on any atom is 0.281 e. The number of nitrogens with zero attached hydrogens (tertiary/aromatic N) is 2. The van der Waals surface area contributed by atoms with Gasteiger partial charge in [-0.05, 0) is 30.7 Å². The number of rotatable bonds is 5. The smallest absolute Gasteiger partial charge is 0.281 e. The first-order chi connectivity index (χ1) is 13.6. The second kappa shape index (κ2) is 8.23. The van der Waals surface area contributed by atoms with E-state index in [1.807, 2.05) is 0 Å². The van der Waals surface area contributed by atoms with Crippen LogP contribution in [0.3, 0.4) is 0 Å². The maximum atomic E-state index is 13.7. The van der Waals surface area contributed by atoms with Gasteiger partial charge in [0.05, 0.1) is 16.9 Å². The maximum absolute atomic E-state index is 13.7. The van der Waals surface area contributed by atoms with Gasteiger partial charge in [-0.3, -0.25) is 9.52 Å². The van der Waals surface area contributed by atoms with Crippen LogP contribution in [0.5, 0.6) is 0 Å². The van der Waals surface area contributed by atoms with E-state index in [0.29, 0.717) is 16.8 Å². The summed E-state index contributed by atoms with van der Waals surface area (Å²) >= 11 is 12.7. The predicted octanol–water partition coefficient (Wildman–Crippen LogP) is 4.72. The van der Waals surface area contributed by atoms with Crippen molar-refractivity contribution in [2.75, 3.05) is 10.0 Å². The largest absolute Gasteiger partial charge is 0.325 e. The van der Waals surface area contributed by atoms with E-state index in [9.17, 15) is 17.6 Å². The van der Waals surface area contributed by atoms with Crippen LogP contribution in [0, 0.1) is 12.7 Å². The molecule has 0 fully saturated rings. The van der Waals surface area contributed by atoms with Gasteiger partial charge in [0.1, 0.15) is 15.8 Å². The molecule has 2 N–H and O–H groups in total. The number of sulfonamides is 1. The molecular weight excluding hydrogens is 462 g/mol. The minimum atomic E-state index is -4.07. The SMILES string of the molecule is CC(=O)Nc1cnc(S(=O)(=O)Nc2nc(-c3ccc(Cl)c(F)c3)c(Cl)s2)c(C)c1. The lowest BCUT2D eigenvalue weighted by Crippen LogP contribution is -2.16. The van der Waals surface area contributed by atoms with Crippen molar-refractivity contribution < 1.29 is 17.6 Å². The molecule has 3 rings (SSSR count). The van der Waals surface area contributed by atoms with Gasteiger partial charge in [0.25, 0.3) is 10.0 Å². The van der Waals surface area contributed by atoms with Gasteiger partial charge in [-0.2, -0.15) is 8.42 Å². The van der Waals surface area contributed by atoms with Crippen molar-refractivity contribution >= 4 is 61.3 Å². The molecule has 0 bridgehead atoms. The fraction of sp³-hybridized carbons (Fsp3) is 0.118. The molecule has 0 aliphatic carbocycles. The van der Waals surface area contributed by atoms with Crippen molar-refractivity contribution in [3.8, 4) is 11.3 Å². The average molecular weight is 475 g/mol. The number of carbonyl (C=O) groups is 1. The highest BCUT2D eigenvalue weighted by Crippen LogP contribution is 2.37. The summed E-state index contributed by atoms with van der Waals surface area (Å²) in [7, 11) is -4.07. The summed E-state index contributed by atoms with van der Waals surface area (Å²) < 4.78 is 41.6. The first kappa shape index (κ1) is 21.4. The van der Waals surface area contributed by atoms with E-state index in [0.717, 1.165) is 17.4 Å². The highest BCUT2D eigenvalue weighted by molar-refractivity contribution is 7.92. The third-order valence-corrected chi connectivity index (χ3v) is 6.61. The van der Waals surface area contributed by atoms with E-state index in [2.05, 4.69) is 20.0 Å². The Kier molecular flexibility index (Phi) is 6.08. The lowest BCUT2D eigenvalue weighted by molar-refractivity contribution is -0.114. The number of nitrogens with one attached hydrogen (secondary N) is 2. The first-order valence-electron chi connectivity index (χ1n) is 7.95. The molecule has 0 aliphatic rings. The van der Waals surface area contributed by atoms with Crippen molar-refractivity contribution in [2.24, 2.45) is 0 Å². The lowest BCUT2D eigenvalue weighted by Gasteiger charge is -2.09. The Labute approximate surface area is 180 Å². The molecule has 0 saturated carbocycles. The van der Waals surface area contributed by atoms with Crippen LogP contribution in [0.2, 0.25) is 9.36 Å². The van der Waals surface area contributed by atoms with Crippen molar-refractivity contribution in [1.82, 2.24) is 9.97 Å². The highest BCUT2D eigenvalue weighted by Gasteiger charge is 2.22. The minimum Gasteiger partial charge on any atom is -0.325 e. The topological polar surface area (TPSA) is 101 Å². The van der Waals surface area contributed by atoms with Gasteiger partial charge >= 0.3 is 0 Å². The summed E-state index contributed by atoms with van der Waals surface area (Å²) in [5.41, 5.74) is 1.27. The standard InChI is InChI=1S/C17H13Cl2FN4O3S2/c1-8-5-11(22-9(2)25)7-21-16(8)29(26,27)24-17-23-14(15(19)28-17)10-3-4-12(18)13(20)6-10/h3-7H,1-2H3,(H,22,25)(H,23,24). The quantitative estimate of drug-likeness (QED) is 0.556. The van der Waals surface area contributed by atoms with Crippen LogP contribution >= 0.6 is 34.5 Å². The van der Waals surface area contributed by atoms with Crippen LogP contribution in [0.15, 0.2) is 35.5 Å².